The maximum absolute atomic E-state index is 9.73. The summed E-state index contributed by atoms with van der Waals surface area (Å²) in [6, 6.07) is 8.34. The van der Waals surface area contributed by atoms with Crippen molar-refractivity contribution in [2.24, 2.45) is 5.92 Å². The second-order valence-electron chi connectivity index (χ2n) is 6.73. The van der Waals surface area contributed by atoms with Crippen molar-refractivity contribution in [1.29, 1.82) is 0 Å². The van der Waals surface area contributed by atoms with Crippen LogP contribution in [0.15, 0.2) is 24.3 Å². The molecule has 2 aliphatic rings. The van der Waals surface area contributed by atoms with Gasteiger partial charge in [0.1, 0.15) is 11.6 Å². The van der Waals surface area contributed by atoms with E-state index in [1.807, 2.05) is 19.1 Å². The number of aromatic nitrogens is 2. The zero-order valence-corrected chi connectivity index (χ0v) is 13.7. The first kappa shape index (κ1) is 15.2. The van der Waals surface area contributed by atoms with E-state index < -0.39 is 0 Å². The highest BCUT2D eigenvalue weighted by Gasteiger charge is 2.35. The standard InChI is InChI=1S/C18H22N4O2/c1-10-6-16(22-18(19)20-10)21-17(13-8-14(23)9-13)12-2-3-15-11(7-12)4-5-24-15/h2-3,6-7,13-14,17,23H,4-5,8-9H2,1H3,(H3,19,20,21,22)/t13?,14?,17-/m1/s1. The summed E-state index contributed by atoms with van der Waals surface area (Å²) in [5.41, 5.74) is 9.05. The van der Waals surface area contributed by atoms with E-state index in [1.54, 1.807) is 0 Å². The van der Waals surface area contributed by atoms with Crippen molar-refractivity contribution < 1.29 is 9.84 Å². The number of ether oxygens (including phenoxy) is 1. The Kier molecular flexibility index (Phi) is 3.76. The van der Waals surface area contributed by atoms with Gasteiger partial charge in [0.25, 0.3) is 0 Å². The molecule has 0 spiro atoms. The number of nitrogen functional groups attached to an aromatic ring is 1. The normalized spacial score (nSPS) is 23.1. The van der Waals surface area contributed by atoms with Crippen molar-refractivity contribution in [3.8, 4) is 5.75 Å². The minimum Gasteiger partial charge on any atom is -0.493 e. The highest BCUT2D eigenvalue weighted by molar-refractivity contribution is 5.46. The summed E-state index contributed by atoms with van der Waals surface area (Å²) in [6.07, 6.45) is 2.34. The molecule has 1 atom stereocenters. The summed E-state index contributed by atoms with van der Waals surface area (Å²) >= 11 is 0. The van der Waals surface area contributed by atoms with Gasteiger partial charge < -0.3 is 20.9 Å². The smallest absolute Gasteiger partial charge is 0.222 e. The van der Waals surface area contributed by atoms with E-state index in [1.165, 1.54) is 11.1 Å². The lowest BCUT2D eigenvalue weighted by molar-refractivity contribution is 0.0339. The maximum Gasteiger partial charge on any atom is 0.222 e. The number of nitrogens with one attached hydrogen (secondary N) is 1. The molecule has 2 heterocycles. The highest BCUT2D eigenvalue weighted by atomic mass is 16.5. The van der Waals surface area contributed by atoms with Gasteiger partial charge in [-0.2, -0.15) is 4.98 Å². The molecule has 0 amide bonds. The molecule has 1 aliphatic heterocycles. The molecule has 6 nitrogen and oxygen atoms in total. The molecule has 1 aromatic heterocycles. The van der Waals surface area contributed by atoms with Gasteiger partial charge in [-0.15, -0.1) is 0 Å². The Labute approximate surface area is 141 Å². The lowest BCUT2D eigenvalue weighted by Gasteiger charge is -2.38. The molecule has 2 aromatic rings. The molecule has 0 radical (unpaired) electrons. The minimum atomic E-state index is -0.200. The Balaban J connectivity index is 1.64. The van der Waals surface area contributed by atoms with Crippen molar-refractivity contribution in [2.75, 3.05) is 17.7 Å². The van der Waals surface area contributed by atoms with E-state index in [9.17, 15) is 5.11 Å². The lowest BCUT2D eigenvalue weighted by Crippen LogP contribution is -2.36. The largest absolute Gasteiger partial charge is 0.493 e. The van der Waals surface area contributed by atoms with Crippen LogP contribution in [0.2, 0.25) is 0 Å². The Morgan fingerprint density at radius 1 is 1.29 bits per heavy atom. The van der Waals surface area contributed by atoms with Gasteiger partial charge in [-0.3, -0.25) is 0 Å². The number of fused-ring (bicyclic) bond motifs is 1. The van der Waals surface area contributed by atoms with Crippen molar-refractivity contribution in [1.82, 2.24) is 9.97 Å². The number of nitrogens with zero attached hydrogens (tertiary/aromatic N) is 2. The Morgan fingerprint density at radius 2 is 2.12 bits per heavy atom. The number of hydrogen-bond donors (Lipinski definition) is 3. The molecule has 0 bridgehead atoms. The third-order valence-corrected chi connectivity index (χ3v) is 4.87. The number of aliphatic hydroxyl groups excluding tert-OH is 1. The number of aliphatic hydroxyl groups is 1. The fourth-order valence-corrected chi connectivity index (χ4v) is 3.60. The van der Waals surface area contributed by atoms with E-state index in [4.69, 9.17) is 10.5 Å². The zero-order chi connectivity index (χ0) is 16.7. The van der Waals surface area contributed by atoms with Crippen molar-refractivity contribution >= 4 is 11.8 Å². The highest BCUT2D eigenvalue weighted by Crippen LogP contribution is 2.41. The lowest BCUT2D eigenvalue weighted by atomic mass is 9.75. The van der Waals surface area contributed by atoms with Crippen LogP contribution in [-0.4, -0.2) is 27.8 Å². The summed E-state index contributed by atoms with van der Waals surface area (Å²) in [4.78, 5) is 8.42. The van der Waals surface area contributed by atoms with Gasteiger partial charge in [0.05, 0.1) is 18.8 Å². The van der Waals surface area contributed by atoms with E-state index in [-0.39, 0.29) is 18.1 Å². The molecule has 0 unspecified atom stereocenters. The maximum atomic E-state index is 9.73. The molecule has 4 N–H and O–H groups in total. The molecular weight excluding hydrogens is 304 g/mol. The van der Waals surface area contributed by atoms with Crippen LogP contribution in [0.5, 0.6) is 5.75 Å². The summed E-state index contributed by atoms with van der Waals surface area (Å²) in [5.74, 6) is 2.35. The molecule has 24 heavy (non-hydrogen) atoms. The fourth-order valence-electron chi connectivity index (χ4n) is 3.60. The van der Waals surface area contributed by atoms with Crippen molar-refractivity contribution in [2.45, 2.75) is 38.3 Å². The van der Waals surface area contributed by atoms with Crippen LogP contribution in [-0.2, 0) is 6.42 Å². The van der Waals surface area contributed by atoms with Crippen LogP contribution in [0.4, 0.5) is 11.8 Å². The van der Waals surface area contributed by atoms with Crippen LogP contribution < -0.4 is 15.8 Å². The van der Waals surface area contributed by atoms with Gasteiger partial charge in [-0.1, -0.05) is 6.07 Å². The molecule has 126 valence electrons. The molecular formula is C18H22N4O2. The molecule has 1 aliphatic carbocycles. The number of hydrogen-bond acceptors (Lipinski definition) is 6. The fraction of sp³-hybridized carbons (Fsp3) is 0.444. The first-order valence-electron chi connectivity index (χ1n) is 8.40. The number of anilines is 2. The van der Waals surface area contributed by atoms with Gasteiger partial charge >= 0.3 is 0 Å². The van der Waals surface area contributed by atoms with Gasteiger partial charge in [0.2, 0.25) is 5.95 Å². The Morgan fingerprint density at radius 3 is 2.88 bits per heavy atom. The van der Waals surface area contributed by atoms with Crippen LogP contribution in [0.25, 0.3) is 0 Å². The zero-order valence-electron chi connectivity index (χ0n) is 13.7. The second kappa shape index (κ2) is 5.94. The third kappa shape index (κ3) is 2.89. The summed E-state index contributed by atoms with van der Waals surface area (Å²) in [7, 11) is 0. The summed E-state index contributed by atoms with van der Waals surface area (Å²) in [5, 5.41) is 13.2. The molecule has 0 saturated heterocycles. The predicted octanol–water partition coefficient (Wildman–Crippen LogP) is 2.23. The SMILES string of the molecule is Cc1cc(N[C@H](c2ccc3c(c2)CCO3)C2CC(O)C2)nc(N)n1. The Bertz CT molecular complexity index is 738. The average molecular weight is 326 g/mol. The van der Waals surface area contributed by atoms with Gasteiger partial charge in [0.15, 0.2) is 0 Å². The molecule has 1 fully saturated rings. The summed E-state index contributed by atoms with van der Waals surface area (Å²) in [6.45, 7) is 2.65. The summed E-state index contributed by atoms with van der Waals surface area (Å²) < 4.78 is 5.60. The molecule has 4 rings (SSSR count). The Hall–Kier alpha value is -2.34. The van der Waals surface area contributed by atoms with E-state index in [2.05, 4.69) is 27.4 Å². The molecule has 1 aromatic carbocycles. The van der Waals surface area contributed by atoms with Gasteiger partial charge in [0, 0.05) is 18.2 Å². The number of rotatable bonds is 4. The third-order valence-electron chi connectivity index (χ3n) is 4.87. The first-order chi connectivity index (χ1) is 11.6. The molecule has 6 heteroatoms. The van der Waals surface area contributed by atoms with E-state index in [0.717, 1.165) is 43.1 Å². The van der Waals surface area contributed by atoms with Crippen LogP contribution in [0, 0.1) is 12.8 Å². The predicted molar refractivity (Wildman–Crippen MR) is 91.9 cm³/mol. The van der Waals surface area contributed by atoms with E-state index >= 15 is 0 Å². The minimum absolute atomic E-state index is 0.0907. The van der Waals surface area contributed by atoms with Crippen molar-refractivity contribution in [3.05, 3.63) is 41.1 Å². The van der Waals surface area contributed by atoms with Crippen LogP contribution in [0.3, 0.4) is 0 Å². The number of nitrogens with two attached hydrogens (primary N) is 1. The molecule has 1 saturated carbocycles. The van der Waals surface area contributed by atoms with Crippen LogP contribution >= 0.6 is 0 Å². The second-order valence-corrected chi connectivity index (χ2v) is 6.73. The first-order valence-corrected chi connectivity index (χ1v) is 8.40. The van der Waals surface area contributed by atoms with E-state index in [0.29, 0.717) is 5.92 Å². The van der Waals surface area contributed by atoms with Crippen LogP contribution in [0.1, 0.15) is 35.7 Å². The monoisotopic (exact) mass is 326 g/mol. The topological polar surface area (TPSA) is 93.3 Å². The van der Waals surface area contributed by atoms with Crippen molar-refractivity contribution in [3.63, 3.8) is 0 Å². The van der Waals surface area contributed by atoms with Gasteiger partial charge in [-0.25, -0.2) is 4.98 Å². The average Bonchev–Trinajstić information content (AvgIpc) is 2.96. The quantitative estimate of drug-likeness (QED) is 0.798. The van der Waals surface area contributed by atoms with Gasteiger partial charge in [-0.05, 0) is 48.9 Å². The number of aryl methyl sites for hydroxylation is 1. The number of benzene rings is 1.